The standard InChI is InChI=1S/C13H13BrN2O2S/c14-11-5-3-6-12(8-11)16-19(17,18)9-10-4-1-2-7-13(10)15/h1-8,16H,9,15H2. The number of sulfonamides is 1. The highest BCUT2D eigenvalue weighted by Crippen LogP contribution is 2.19. The molecule has 19 heavy (non-hydrogen) atoms. The van der Waals surface area contributed by atoms with E-state index in [1.54, 1.807) is 42.5 Å². The number of nitrogen functional groups attached to an aromatic ring is 1. The summed E-state index contributed by atoms with van der Waals surface area (Å²) in [6, 6.07) is 13.9. The first-order valence-electron chi connectivity index (χ1n) is 5.56. The van der Waals surface area contributed by atoms with Gasteiger partial charge in [0.15, 0.2) is 0 Å². The maximum atomic E-state index is 12.1. The monoisotopic (exact) mass is 340 g/mol. The molecule has 0 saturated carbocycles. The van der Waals surface area contributed by atoms with Gasteiger partial charge in [-0.1, -0.05) is 40.2 Å². The molecule has 4 nitrogen and oxygen atoms in total. The normalized spacial score (nSPS) is 11.2. The quantitative estimate of drug-likeness (QED) is 0.840. The van der Waals surface area contributed by atoms with E-state index in [0.29, 0.717) is 16.9 Å². The fourth-order valence-electron chi connectivity index (χ4n) is 1.64. The molecule has 0 fully saturated rings. The van der Waals surface area contributed by atoms with E-state index in [0.717, 1.165) is 4.47 Å². The lowest BCUT2D eigenvalue weighted by molar-refractivity contribution is 0.600. The topological polar surface area (TPSA) is 72.2 Å². The van der Waals surface area contributed by atoms with E-state index in [4.69, 9.17) is 5.73 Å². The van der Waals surface area contributed by atoms with Crippen LogP contribution >= 0.6 is 15.9 Å². The molecule has 0 radical (unpaired) electrons. The number of nitrogens with one attached hydrogen (secondary N) is 1. The van der Waals surface area contributed by atoms with E-state index in [2.05, 4.69) is 20.7 Å². The van der Waals surface area contributed by atoms with Gasteiger partial charge in [-0.2, -0.15) is 0 Å². The van der Waals surface area contributed by atoms with Crippen LogP contribution in [0.2, 0.25) is 0 Å². The fraction of sp³-hybridized carbons (Fsp3) is 0.0769. The van der Waals surface area contributed by atoms with Crippen molar-refractivity contribution >= 4 is 37.3 Å². The molecule has 2 aromatic carbocycles. The summed E-state index contributed by atoms with van der Waals surface area (Å²) in [5.74, 6) is -0.147. The number of para-hydroxylation sites is 1. The summed E-state index contributed by atoms with van der Waals surface area (Å²) in [5, 5.41) is 0. The average Bonchev–Trinajstić information content (AvgIpc) is 2.31. The Kier molecular flexibility index (Phi) is 4.11. The molecule has 6 heteroatoms. The molecule has 0 amide bonds. The molecule has 0 aromatic heterocycles. The van der Waals surface area contributed by atoms with Gasteiger partial charge in [0.05, 0.1) is 5.75 Å². The SMILES string of the molecule is Nc1ccccc1CS(=O)(=O)Nc1cccc(Br)c1. The molecule has 3 N–H and O–H groups in total. The molecule has 0 spiro atoms. The Balaban J connectivity index is 2.18. The molecule has 100 valence electrons. The van der Waals surface area contributed by atoms with Crippen LogP contribution in [0.25, 0.3) is 0 Å². The maximum Gasteiger partial charge on any atom is 0.236 e. The van der Waals surface area contributed by atoms with Crippen LogP contribution in [-0.4, -0.2) is 8.42 Å². The van der Waals surface area contributed by atoms with Gasteiger partial charge >= 0.3 is 0 Å². The van der Waals surface area contributed by atoms with Crippen molar-refractivity contribution in [3.8, 4) is 0 Å². The van der Waals surface area contributed by atoms with E-state index in [9.17, 15) is 8.42 Å². The van der Waals surface area contributed by atoms with E-state index in [-0.39, 0.29) is 5.75 Å². The highest BCUT2D eigenvalue weighted by atomic mass is 79.9. The van der Waals surface area contributed by atoms with E-state index >= 15 is 0 Å². The van der Waals surface area contributed by atoms with Gasteiger partial charge in [-0.05, 0) is 29.8 Å². The number of halogens is 1. The zero-order valence-electron chi connectivity index (χ0n) is 10.0. The zero-order valence-corrected chi connectivity index (χ0v) is 12.4. The number of hydrogen-bond acceptors (Lipinski definition) is 3. The summed E-state index contributed by atoms with van der Waals surface area (Å²) in [7, 11) is -3.48. The van der Waals surface area contributed by atoms with Gasteiger partial charge in [0.2, 0.25) is 10.0 Å². The van der Waals surface area contributed by atoms with Gasteiger partial charge in [0.25, 0.3) is 0 Å². The Morgan fingerprint density at radius 1 is 1.11 bits per heavy atom. The predicted octanol–water partition coefficient (Wildman–Crippen LogP) is 2.97. The van der Waals surface area contributed by atoms with E-state index in [1.807, 2.05) is 6.07 Å². The molecule has 0 bridgehead atoms. The first-order chi connectivity index (χ1) is 8.96. The van der Waals surface area contributed by atoms with Crippen molar-refractivity contribution in [2.45, 2.75) is 5.75 Å². The van der Waals surface area contributed by atoms with Gasteiger partial charge in [0.1, 0.15) is 0 Å². The van der Waals surface area contributed by atoms with E-state index in [1.165, 1.54) is 0 Å². The number of hydrogen-bond donors (Lipinski definition) is 2. The predicted molar refractivity (Wildman–Crippen MR) is 81.2 cm³/mol. The zero-order chi connectivity index (χ0) is 13.9. The Labute approximate surface area is 120 Å². The van der Waals surface area contributed by atoms with Crippen molar-refractivity contribution in [3.05, 3.63) is 58.6 Å². The highest BCUT2D eigenvalue weighted by molar-refractivity contribution is 9.10. The minimum atomic E-state index is -3.48. The van der Waals surface area contributed by atoms with Gasteiger partial charge in [-0.15, -0.1) is 0 Å². The number of anilines is 2. The molecule has 0 unspecified atom stereocenters. The van der Waals surface area contributed by atoms with Gasteiger partial charge in [0, 0.05) is 15.8 Å². The Morgan fingerprint density at radius 2 is 1.84 bits per heavy atom. The second kappa shape index (κ2) is 5.63. The summed E-state index contributed by atoms with van der Waals surface area (Å²) in [5.41, 5.74) is 7.33. The summed E-state index contributed by atoms with van der Waals surface area (Å²) >= 11 is 3.29. The molecular formula is C13H13BrN2O2S. The number of rotatable bonds is 4. The average molecular weight is 341 g/mol. The first kappa shape index (κ1) is 13.9. The molecule has 0 aliphatic carbocycles. The molecule has 0 atom stereocenters. The molecule has 0 saturated heterocycles. The van der Waals surface area contributed by atoms with E-state index < -0.39 is 10.0 Å². The summed E-state index contributed by atoms with van der Waals surface area (Å²) in [4.78, 5) is 0. The summed E-state index contributed by atoms with van der Waals surface area (Å²) in [6.45, 7) is 0. The maximum absolute atomic E-state index is 12.1. The molecule has 0 heterocycles. The van der Waals surface area contributed by atoms with Gasteiger partial charge in [-0.3, -0.25) is 4.72 Å². The molecule has 0 aliphatic rings. The number of nitrogens with two attached hydrogens (primary N) is 1. The molecule has 2 rings (SSSR count). The van der Waals surface area contributed by atoms with Crippen LogP contribution in [0, 0.1) is 0 Å². The van der Waals surface area contributed by atoms with Crippen LogP contribution in [0.4, 0.5) is 11.4 Å². The third-order valence-electron chi connectivity index (χ3n) is 2.50. The van der Waals surface area contributed by atoms with Crippen LogP contribution < -0.4 is 10.5 Å². The van der Waals surface area contributed by atoms with Crippen molar-refractivity contribution in [2.75, 3.05) is 10.5 Å². The Morgan fingerprint density at radius 3 is 2.53 bits per heavy atom. The third-order valence-corrected chi connectivity index (χ3v) is 4.23. The third kappa shape index (κ3) is 3.97. The molecular weight excluding hydrogens is 328 g/mol. The van der Waals surface area contributed by atoms with Crippen molar-refractivity contribution in [3.63, 3.8) is 0 Å². The Hall–Kier alpha value is -1.53. The summed E-state index contributed by atoms with van der Waals surface area (Å²) < 4.78 is 27.4. The van der Waals surface area contributed by atoms with Crippen LogP contribution in [0.15, 0.2) is 53.0 Å². The van der Waals surface area contributed by atoms with Crippen molar-refractivity contribution in [2.24, 2.45) is 0 Å². The lowest BCUT2D eigenvalue weighted by Crippen LogP contribution is -2.15. The van der Waals surface area contributed by atoms with Gasteiger partial charge in [-0.25, -0.2) is 8.42 Å². The van der Waals surface area contributed by atoms with Crippen molar-refractivity contribution < 1.29 is 8.42 Å². The van der Waals surface area contributed by atoms with Crippen molar-refractivity contribution in [1.82, 2.24) is 0 Å². The second-order valence-electron chi connectivity index (χ2n) is 4.07. The van der Waals surface area contributed by atoms with Crippen LogP contribution in [0.3, 0.4) is 0 Å². The Bertz CT molecular complexity index is 687. The first-order valence-corrected chi connectivity index (χ1v) is 8.00. The minimum Gasteiger partial charge on any atom is -0.398 e. The van der Waals surface area contributed by atoms with Crippen LogP contribution in [0.5, 0.6) is 0 Å². The molecule has 0 aliphatic heterocycles. The second-order valence-corrected chi connectivity index (χ2v) is 6.71. The van der Waals surface area contributed by atoms with Crippen LogP contribution in [0.1, 0.15) is 5.56 Å². The number of benzene rings is 2. The largest absolute Gasteiger partial charge is 0.398 e. The van der Waals surface area contributed by atoms with Crippen molar-refractivity contribution in [1.29, 1.82) is 0 Å². The van der Waals surface area contributed by atoms with Gasteiger partial charge < -0.3 is 5.73 Å². The smallest absolute Gasteiger partial charge is 0.236 e. The minimum absolute atomic E-state index is 0.147. The summed E-state index contributed by atoms with van der Waals surface area (Å²) in [6.07, 6.45) is 0. The lowest BCUT2D eigenvalue weighted by atomic mass is 10.2. The highest BCUT2D eigenvalue weighted by Gasteiger charge is 2.13. The van der Waals surface area contributed by atoms with Crippen LogP contribution in [-0.2, 0) is 15.8 Å². The fourth-order valence-corrected chi connectivity index (χ4v) is 3.27. The molecule has 2 aromatic rings. The lowest BCUT2D eigenvalue weighted by Gasteiger charge is -2.09.